The van der Waals surface area contributed by atoms with Gasteiger partial charge in [-0.15, -0.1) is 0 Å². The van der Waals surface area contributed by atoms with Gasteiger partial charge in [-0.1, -0.05) is 103 Å². The average Bonchev–Trinajstić information content (AvgIpc) is 2.75. The molecule has 0 spiro atoms. The monoisotopic (exact) mass is 514 g/mol. The summed E-state index contributed by atoms with van der Waals surface area (Å²) in [4.78, 5) is 0. The van der Waals surface area contributed by atoms with E-state index in [1.807, 2.05) is 0 Å². The van der Waals surface area contributed by atoms with Gasteiger partial charge in [-0.3, -0.25) is 0 Å². The van der Waals surface area contributed by atoms with E-state index in [9.17, 15) is 0 Å². The van der Waals surface area contributed by atoms with Gasteiger partial charge in [0.15, 0.2) is 0 Å². The predicted octanol–water partition coefficient (Wildman–Crippen LogP) is 11.3. The number of halogens is 2. The highest BCUT2D eigenvalue weighted by Crippen LogP contribution is 2.60. The van der Waals surface area contributed by atoms with Gasteiger partial charge in [0, 0.05) is 0 Å². The first kappa shape index (κ1) is 32.0. The lowest BCUT2D eigenvalue weighted by Crippen LogP contribution is -2.13. The van der Waals surface area contributed by atoms with Gasteiger partial charge >= 0.3 is 4.58 Å². The molecule has 0 unspecified atom stereocenters. The van der Waals surface area contributed by atoms with Crippen LogP contribution in [0.3, 0.4) is 0 Å². The van der Waals surface area contributed by atoms with Crippen LogP contribution in [0.4, 0.5) is 0 Å². The lowest BCUT2D eigenvalue weighted by Gasteiger charge is -2.31. The summed E-state index contributed by atoms with van der Waals surface area (Å²) < 4.78 is 9.49. The van der Waals surface area contributed by atoms with Crippen molar-refractivity contribution >= 4 is 37.3 Å². The molecule has 188 valence electrons. The largest absolute Gasteiger partial charge is 0.303 e. The number of unbranched alkanes of at least 4 members (excludes halogenated alkanes) is 6. The zero-order valence-electron chi connectivity index (χ0n) is 21.8. The third-order valence-electron chi connectivity index (χ3n) is 6.23. The van der Waals surface area contributed by atoms with E-state index < -0.39 is 18.7 Å². The van der Waals surface area contributed by atoms with Crippen molar-refractivity contribution in [1.82, 2.24) is 0 Å². The van der Waals surface area contributed by atoms with Crippen LogP contribution < -0.4 is 0 Å². The summed E-state index contributed by atoms with van der Waals surface area (Å²) in [5.74, 6) is 0. The first-order valence-electron chi connectivity index (χ1n) is 13.4. The van der Waals surface area contributed by atoms with Crippen molar-refractivity contribution < 1.29 is 0 Å². The summed E-state index contributed by atoms with van der Waals surface area (Å²) >= 11 is 14.1. The zero-order chi connectivity index (χ0) is 23.6. The highest BCUT2D eigenvalue weighted by Gasteiger charge is 2.31. The molecule has 0 aliphatic heterocycles. The van der Waals surface area contributed by atoms with E-state index in [0.717, 1.165) is 0 Å². The second-order valence-corrected chi connectivity index (χ2v) is 18.1. The fourth-order valence-corrected chi connectivity index (χ4v) is 14.7. The minimum absolute atomic E-state index is 1.20. The minimum atomic E-state index is -1.55. The molecule has 0 saturated carbocycles. The summed E-state index contributed by atoms with van der Waals surface area (Å²) in [6.07, 6.45) is 21.9. The van der Waals surface area contributed by atoms with Gasteiger partial charge < -0.3 is 0 Å². The molecule has 0 aliphatic carbocycles. The van der Waals surface area contributed by atoms with E-state index in [1.54, 1.807) is 0 Å². The minimum Gasteiger partial charge on any atom is -0.245 e. The fraction of sp³-hybridized carbons (Fsp3) is 1.00. The van der Waals surface area contributed by atoms with E-state index in [2.05, 4.69) is 41.5 Å². The molecule has 2 nitrogen and oxygen atoms in total. The van der Waals surface area contributed by atoms with Crippen molar-refractivity contribution in [3.8, 4) is 0 Å². The van der Waals surface area contributed by atoms with Crippen molar-refractivity contribution in [2.75, 3.05) is 37.0 Å². The van der Waals surface area contributed by atoms with Crippen molar-refractivity contribution in [3.63, 3.8) is 0 Å². The summed E-state index contributed by atoms with van der Waals surface area (Å²) in [5, 5.41) is 0. The highest BCUT2D eigenvalue weighted by molar-refractivity contribution is 7.67. The van der Waals surface area contributed by atoms with Gasteiger partial charge in [-0.25, -0.2) is 9.49 Å². The van der Waals surface area contributed by atoms with Crippen LogP contribution >= 0.6 is 37.3 Å². The van der Waals surface area contributed by atoms with E-state index >= 15 is 0 Å². The molecular formula is C25H54Cl2N2P2. The maximum absolute atomic E-state index is 7.07. The standard InChI is InChI=1S/C25H54Cl2N2P2/c1-7-13-19-30(20-14-8-2,21-15-9-3)28-25(26,27)29-31(22-16-10-4,23-17-11-5)24-18-12-6/h7-24H2,1-6H3. The van der Waals surface area contributed by atoms with Gasteiger partial charge in [0.1, 0.15) is 0 Å². The Morgan fingerprint density at radius 2 is 0.645 bits per heavy atom. The van der Waals surface area contributed by atoms with Gasteiger partial charge in [0.25, 0.3) is 0 Å². The van der Waals surface area contributed by atoms with Crippen LogP contribution in [0.5, 0.6) is 0 Å². The predicted molar refractivity (Wildman–Crippen MR) is 152 cm³/mol. The lowest BCUT2D eigenvalue weighted by atomic mass is 10.4. The molecule has 0 fully saturated rings. The molecule has 0 amide bonds. The number of rotatable bonds is 20. The van der Waals surface area contributed by atoms with Crippen LogP contribution in [0.1, 0.15) is 119 Å². The number of hydrogen-bond acceptors (Lipinski definition) is 2. The Bertz CT molecular complexity index is 445. The van der Waals surface area contributed by atoms with Crippen LogP contribution in [0.25, 0.3) is 0 Å². The number of nitrogens with zero attached hydrogens (tertiary/aromatic N) is 2. The molecule has 0 atom stereocenters. The molecule has 0 aliphatic rings. The Balaban J connectivity index is 6.38. The molecule has 0 N–H and O–H groups in total. The molecule has 0 bridgehead atoms. The van der Waals surface area contributed by atoms with Crippen LogP contribution in [0.2, 0.25) is 0 Å². The maximum atomic E-state index is 7.07. The van der Waals surface area contributed by atoms with E-state index in [4.69, 9.17) is 32.7 Å². The Morgan fingerprint density at radius 3 is 0.806 bits per heavy atom. The Labute approximate surface area is 206 Å². The van der Waals surface area contributed by atoms with Crippen molar-refractivity contribution in [1.29, 1.82) is 0 Å². The molecule has 0 rings (SSSR count). The van der Waals surface area contributed by atoms with Crippen LogP contribution in [0, 0.1) is 0 Å². The maximum Gasteiger partial charge on any atom is 0.303 e. The molecule has 0 radical (unpaired) electrons. The molecular weight excluding hydrogens is 461 g/mol. The fourth-order valence-electron chi connectivity index (χ4n) is 4.22. The molecule has 0 aromatic heterocycles. The van der Waals surface area contributed by atoms with E-state index in [-0.39, 0.29) is 0 Å². The van der Waals surface area contributed by atoms with Gasteiger partial charge in [0.2, 0.25) is 0 Å². The van der Waals surface area contributed by atoms with Crippen molar-refractivity contribution in [3.05, 3.63) is 0 Å². The Kier molecular flexibility index (Phi) is 19.0. The Morgan fingerprint density at radius 1 is 0.452 bits per heavy atom. The van der Waals surface area contributed by atoms with Gasteiger partial charge in [0.05, 0.1) is 0 Å². The number of alkyl halides is 2. The molecule has 0 saturated heterocycles. The van der Waals surface area contributed by atoms with Crippen LogP contribution in [-0.4, -0.2) is 41.6 Å². The van der Waals surface area contributed by atoms with E-state index in [1.165, 1.54) is 114 Å². The molecule has 6 heteroatoms. The van der Waals surface area contributed by atoms with E-state index in [0.29, 0.717) is 0 Å². The molecule has 0 heterocycles. The molecule has 0 aromatic carbocycles. The third kappa shape index (κ3) is 14.1. The highest BCUT2D eigenvalue weighted by atomic mass is 35.5. The summed E-state index contributed by atoms with van der Waals surface area (Å²) in [6, 6.07) is 0. The summed E-state index contributed by atoms with van der Waals surface area (Å²) in [6.45, 7) is 13.7. The quantitative estimate of drug-likeness (QED) is 0.0875. The SMILES string of the molecule is CCCCP(CCCC)(CCCC)=NC(Cl)(Cl)N=P(CCCC)(CCCC)CCCC. The smallest absolute Gasteiger partial charge is 0.245 e. The second-order valence-electron chi connectivity index (χ2n) is 9.36. The molecule has 0 aromatic rings. The van der Waals surface area contributed by atoms with Gasteiger partial charge in [-0.2, -0.15) is 0 Å². The second kappa shape index (κ2) is 18.4. The topological polar surface area (TPSA) is 24.7 Å². The van der Waals surface area contributed by atoms with Crippen LogP contribution in [0.15, 0.2) is 9.49 Å². The summed E-state index contributed by atoms with van der Waals surface area (Å²) in [5.41, 5.74) is 0. The third-order valence-corrected chi connectivity index (χ3v) is 15.4. The summed E-state index contributed by atoms with van der Waals surface area (Å²) in [7, 11) is -3.09. The average molecular weight is 516 g/mol. The number of hydrogen-bond donors (Lipinski definition) is 0. The zero-order valence-corrected chi connectivity index (χ0v) is 25.1. The lowest BCUT2D eigenvalue weighted by molar-refractivity contribution is 0.811. The first-order chi connectivity index (χ1) is 14.8. The van der Waals surface area contributed by atoms with Crippen molar-refractivity contribution in [2.45, 2.75) is 123 Å². The first-order valence-corrected chi connectivity index (χ1v) is 18.7. The Hall–Kier alpha value is 1.04. The van der Waals surface area contributed by atoms with Gasteiger partial charge in [-0.05, 0) is 89.6 Å². The molecule has 31 heavy (non-hydrogen) atoms. The van der Waals surface area contributed by atoms with Crippen molar-refractivity contribution in [2.24, 2.45) is 9.49 Å². The van der Waals surface area contributed by atoms with Crippen LogP contribution in [-0.2, 0) is 0 Å². The normalized spacial score (nSPS) is 12.9.